The fourth-order valence-corrected chi connectivity index (χ4v) is 4.94. The molecule has 0 unspecified atom stereocenters. The zero-order valence-corrected chi connectivity index (χ0v) is 11.7. The smallest absolute Gasteiger partial charge is 0.0549 e. The summed E-state index contributed by atoms with van der Waals surface area (Å²) in [6.07, 6.45) is 12.0. The predicted octanol–water partition coefficient (Wildman–Crippen LogP) is 4.92. The van der Waals surface area contributed by atoms with Crippen LogP contribution in [-0.2, 0) is 0 Å². The minimum atomic E-state index is -0.991. The zero-order valence-electron chi connectivity index (χ0n) is 10.7. The van der Waals surface area contributed by atoms with Crippen LogP contribution in [0.3, 0.4) is 0 Å². The first-order valence-corrected chi connectivity index (χ1v) is 9.83. The minimum Gasteiger partial charge on any atom is -0.0813 e. The van der Waals surface area contributed by atoms with Gasteiger partial charge in [-0.25, -0.2) is 0 Å². The van der Waals surface area contributed by atoms with Gasteiger partial charge in [-0.3, -0.25) is 0 Å². The number of allylic oxidation sites excluding steroid dienone is 4. The van der Waals surface area contributed by atoms with Crippen LogP contribution in [0.15, 0.2) is 23.3 Å². The summed E-state index contributed by atoms with van der Waals surface area (Å²) in [5, 5.41) is 0.661. The molecule has 2 aliphatic carbocycles. The molecule has 0 nitrogen and oxygen atoms in total. The summed E-state index contributed by atoms with van der Waals surface area (Å²) in [5.41, 5.74) is 3.23. The van der Waals surface area contributed by atoms with Gasteiger partial charge in [-0.05, 0) is 49.6 Å². The zero-order chi connectivity index (χ0) is 11.1. The molecule has 84 valence electrons. The highest BCUT2D eigenvalue weighted by Gasteiger charge is 2.51. The Morgan fingerprint density at radius 1 is 1.27 bits per heavy atom. The van der Waals surface area contributed by atoms with E-state index in [1.165, 1.54) is 32.1 Å². The molecule has 0 aromatic heterocycles. The van der Waals surface area contributed by atoms with Gasteiger partial charge in [-0.1, -0.05) is 37.4 Å². The van der Waals surface area contributed by atoms with Gasteiger partial charge in [0.1, 0.15) is 0 Å². The van der Waals surface area contributed by atoms with E-state index in [9.17, 15) is 0 Å². The van der Waals surface area contributed by atoms with Crippen LogP contribution >= 0.6 is 0 Å². The summed E-state index contributed by atoms with van der Waals surface area (Å²) >= 11 is 0. The summed E-state index contributed by atoms with van der Waals surface area (Å²) < 4.78 is 0. The van der Waals surface area contributed by atoms with Gasteiger partial charge in [-0.15, -0.1) is 0 Å². The van der Waals surface area contributed by atoms with Crippen molar-refractivity contribution in [2.75, 3.05) is 0 Å². The number of hydrogen-bond acceptors (Lipinski definition) is 0. The lowest BCUT2D eigenvalue weighted by Gasteiger charge is -2.28. The van der Waals surface area contributed by atoms with Crippen molar-refractivity contribution in [3.8, 4) is 0 Å². The molecule has 0 aliphatic heterocycles. The summed E-state index contributed by atoms with van der Waals surface area (Å²) in [6.45, 7) is 9.88. The quantitative estimate of drug-likeness (QED) is 0.580. The van der Waals surface area contributed by atoms with Gasteiger partial charge in [0, 0.05) is 0 Å². The first kappa shape index (κ1) is 11.2. The van der Waals surface area contributed by atoms with Gasteiger partial charge in [-0.2, -0.15) is 0 Å². The molecule has 2 aliphatic rings. The van der Waals surface area contributed by atoms with E-state index in [1.54, 1.807) is 11.1 Å². The highest BCUT2D eigenvalue weighted by Crippen LogP contribution is 2.62. The molecule has 2 rings (SSSR count). The molecule has 0 amide bonds. The summed E-state index contributed by atoms with van der Waals surface area (Å²) in [4.78, 5) is 0. The highest BCUT2D eigenvalue weighted by molar-refractivity contribution is 6.80. The first-order chi connectivity index (χ1) is 6.95. The van der Waals surface area contributed by atoms with Crippen LogP contribution in [0.1, 0.15) is 39.0 Å². The molecule has 15 heavy (non-hydrogen) atoms. The Kier molecular flexibility index (Phi) is 2.70. The third-order valence-corrected chi connectivity index (χ3v) is 7.97. The Bertz CT molecular complexity index is 311. The van der Waals surface area contributed by atoms with Crippen molar-refractivity contribution in [2.45, 2.75) is 63.7 Å². The van der Waals surface area contributed by atoms with Crippen LogP contribution < -0.4 is 0 Å². The maximum absolute atomic E-state index is 2.67. The van der Waals surface area contributed by atoms with Gasteiger partial charge < -0.3 is 0 Å². The maximum Gasteiger partial charge on any atom is 0.0549 e. The molecular formula is C14H24Si. The van der Waals surface area contributed by atoms with E-state index in [0.29, 0.717) is 5.04 Å². The predicted molar refractivity (Wildman–Crippen MR) is 71.0 cm³/mol. The standard InChI is InChI=1S/C14H24Si/c1-12-7-5-6-8-13(12)11-14(9-10-14)15(2,3)4/h7,11H,5-6,8-10H2,1-4H3. The number of hydrogen-bond donors (Lipinski definition) is 0. The van der Waals surface area contributed by atoms with Crippen LogP contribution in [0, 0.1) is 0 Å². The monoisotopic (exact) mass is 220 g/mol. The van der Waals surface area contributed by atoms with Crippen LogP contribution in [-0.4, -0.2) is 8.07 Å². The van der Waals surface area contributed by atoms with E-state index >= 15 is 0 Å². The molecule has 0 spiro atoms. The van der Waals surface area contributed by atoms with Crippen LogP contribution in [0.2, 0.25) is 24.7 Å². The molecule has 0 heterocycles. The average Bonchev–Trinajstić information content (AvgIpc) is 2.89. The highest BCUT2D eigenvalue weighted by atomic mass is 28.3. The molecule has 1 heteroatoms. The summed E-state index contributed by atoms with van der Waals surface area (Å²) in [5.74, 6) is 0. The van der Waals surface area contributed by atoms with E-state index in [2.05, 4.69) is 38.7 Å². The van der Waals surface area contributed by atoms with Gasteiger partial charge in [0.15, 0.2) is 0 Å². The van der Waals surface area contributed by atoms with Crippen molar-refractivity contribution in [3.05, 3.63) is 23.3 Å². The molecule has 1 saturated carbocycles. The van der Waals surface area contributed by atoms with Crippen molar-refractivity contribution < 1.29 is 0 Å². The maximum atomic E-state index is 2.67. The Morgan fingerprint density at radius 2 is 1.93 bits per heavy atom. The third kappa shape index (κ3) is 2.12. The minimum absolute atomic E-state index is 0.661. The molecular weight excluding hydrogens is 196 g/mol. The second-order valence-corrected chi connectivity index (χ2v) is 11.9. The molecule has 0 saturated heterocycles. The molecule has 0 aromatic carbocycles. The van der Waals surface area contributed by atoms with Crippen LogP contribution in [0.5, 0.6) is 0 Å². The fourth-order valence-electron chi connectivity index (χ4n) is 2.70. The summed E-state index contributed by atoms with van der Waals surface area (Å²) in [7, 11) is -0.991. The van der Waals surface area contributed by atoms with Crippen molar-refractivity contribution in [1.82, 2.24) is 0 Å². The molecule has 1 fully saturated rings. The molecule has 0 aromatic rings. The lowest BCUT2D eigenvalue weighted by molar-refractivity contribution is 0.792. The van der Waals surface area contributed by atoms with Crippen LogP contribution in [0.25, 0.3) is 0 Å². The Labute approximate surface area is 95.5 Å². The molecule has 0 N–H and O–H groups in total. The lowest BCUT2D eigenvalue weighted by Crippen LogP contribution is -2.28. The largest absolute Gasteiger partial charge is 0.0813 e. The van der Waals surface area contributed by atoms with E-state index < -0.39 is 8.07 Å². The fraction of sp³-hybridized carbons (Fsp3) is 0.714. The van der Waals surface area contributed by atoms with Crippen molar-refractivity contribution in [1.29, 1.82) is 0 Å². The van der Waals surface area contributed by atoms with Crippen LogP contribution in [0.4, 0.5) is 0 Å². The molecule has 0 atom stereocenters. The first-order valence-electron chi connectivity index (χ1n) is 6.33. The van der Waals surface area contributed by atoms with E-state index in [4.69, 9.17) is 0 Å². The van der Waals surface area contributed by atoms with Gasteiger partial charge in [0.05, 0.1) is 8.07 Å². The Morgan fingerprint density at radius 3 is 2.40 bits per heavy atom. The summed E-state index contributed by atoms with van der Waals surface area (Å²) in [6, 6.07) is 0. The van der Waals surface area contributed by atoms with Crippen molar-refractivity contribution in [3.63, 3.8) is 0 Å². The van der Waals surface area contributed by atoms with E-state index in [0.717, 1.165) is 0 Å². The molecule has 0 bridgehead atoms. The van der Waals surface area contributed by atoms with E-state index in [-0.39, 0.29) is 0 Å². The number of rotatable bonds is 2. The average molecular weight is 220 g/mol. The Balaban J connectivity index is 2.23. The van der Waals surface area contributed by atoms with Gasteiger partial charge in [0.25, 0.3) is 0 Å². The molecule has 0 radical (unpaired) electrons. The second-order valence-electron chi connectivity index (χ2n) is 6.36. The van der Waals surface area contributed by atoms with E-state index in [1.807, 2.05) is 0 Å². The Hall–Kier alpha value is -0.303. The van der Waals surface area contributed by atoms with Gasteiger partial charge >= 0.3 is 0 Å². The normalized spacial score (nSPS) is 27.7. The third-order valence-electron chi connectivity index (χ3n) is 4.34. The second kappa shape index (κ2) is 3.62. The lowest BCUT2D eigenvalue weighted by atomic mass is 9.93. The van der Waals surface area contributed by atoms with Crippen molar-refractivity contribution in [2.24, 2.45) is 0 Å². The van der Waals surface area contributed by atoms with Gasteiger partial charge in [0.2, 0.25) is 0 Å². The van der Waals surface area contributed by atoms with Crippen molar-refractivity contribution >= 4 is 8.07 Å². The SMILES string of the molecule is CC1=CCCCC1=CC1([Si](C)(C)C)CC1. The topological polar surface area (TPSA) is 0 Å².